The summed E-state index contributed by atoms with van der Waals surface area (Å²) in [5.41, 5.74) is 1.06. The van der Waals surface area contributed by atoms with Gasteiger partial charge in [0.1, 0.15) is 22.8 Å². The van der Waals surface area contributed by atoms with E-state index in [1.165, 1.54) is 12.1 Å². The van der Waals surface area contributed by atoms with Gasteiger partial charge >= 0.3 is 11.9 Å². The summed E-state index contributed by atoms with van der Waals surface area (Å²) < 4.78 is 16.1. The van der Waals surface area contributed by atoms with E-state index in [1.807, 2.05) is 0 Å². The van der Waals surface area contributed by atoms with Gasteiger partial charge in [-0.3, -0.25) is 9.59 Å². The van der Waals surface area contributed by atoms with Crippen LogP contribution in [0.15, 0.2) is 69.9 Å². The van der Waals surface area contributed by atoms with E-state index in [1.54, 1.807) is 50.2 Å². The van der Waals surface area contributed by atoms with Crippen LogP contribution < -0.4 is 14.9 Å². The number of fused-ring (bicyclic) bond motifs is 1. The predicted octanol–water partition coefficient (Wildman–Crippen LogP) is 4.26. The van der Waals surface area contributed by atoms with E-state index in [2.05, 4.69) is 6.58 Å². The molecule has 0 aliphatic heterocycles. The molecule has 3 rings (SSSR count). The molecule has 0 aliphatic carbocycles. The number of hydrogen-bond donors (Lipinski definition) is 0. The molecule has 28 heavy (non-hydrogen) atoms. The normalized spacial score (nSPS) is 10.5. The van der Waals surface area contributed by atoms with Crippen LogP contribution in [0.4, 0.5) is 0 Å². The van der Waals surface area contributed by atoms with E-state index in [-0.39, 0.29) is 17.8 Å². The molecule has 6 heteroatoms. The van der Waals surface area contributed by atoms with Gasteiger partial charge in [0.05, 0.1) is 5.39 Å². The molecule has 0 amide bonds. The van der Waals surface area contributed by atoms with Crippen LogP contribution in [0.3, 0.4) is 0 Å². The second-order valence-electron chi connectivity index (χ2n) is 6.15. The second-order valence-corrected chi connectivity index (χ2v) is 6.15. The molecule has 0 unspecified atom stereocenters. The van der Waals surface area contributed by atoms with Gasteiger partial charge in [0, 0.05) is 23.6 Å². The first-order chi connectivity index (χ1) is 13.4. The van der Waals surface area contributed by atoms with Crippen LogP contribution in [0, 0.1) is 0 Å². The fourth-order valence-electron chi connectivity index (χ4n) is 2.43. The summed E-state index contributed by atoms with van der Waals surface area (Å²) in [5.74, 6) is 0.135. The van der Waals surface area contributed by atoms with E-state index in [4.69, 9.17) is 13.9 Å². The Morgan fingerprint density at radius 2 is 1.68 bits per heavy atom. The molecule has 0 fully saturated rings. The Labute approximate surface area is 161 Å². The van der Waals surface area contributed by atoms with Gasteiger partial charge in [0.2, 0.25) is 0 Å². The third kappa shape index (κ3) is 4.17. The number of carbonyl (C=O) groups is 2. The Bertz CT molecular complexity index is 1120. The first kappa shape index (κ1) is 19.1. The van der Waals surface area contributed by atoms with Crippen molar-refractivity contribution in [2.24, 2.45) is 0 Å². The summed E-state index contributed by atoms with van der Waals surface area (Å²) >= 11 is 0. The number of rotatable bonds is 5. The SMILES string of the molecule is C=C(C)C(=O)Oc1ccc(-c2cc(=O)c3cc(OC(=O)CC)ccc3o2)cc1. The Morgan fingerprint density at radius 1 is 1.00 bits per heavy atom. The number of esters is 2. The zero-order valence-corrected chi connectivity index (χ0v) is 15.5. The highest BCUT2D eigenvalue weighted by molar-refractivity contribution is 5.88. The van der Waals surface area contributed by atoms with Crippen LogP contribution >= 0.6 is 0 Å². The average Bonchev–Trinajstić information content (AvgIpc) is 2.68. The first-order valence-corrected chi connectivity index (χ1v) is 8.64. The lowest BCUT2D eigenvalue weighted by Gasteiger charge is -2.07. The minimum absolute atomic E-state index is 0.239. The van der Waals surface area contributed by atoms with E-state index in [9.17, 15) is 14.4 Å². The maximum atomic E-state index is 12.5. The van der Waals surface area contributed by atoms with Crippen LogP contribution in [0.1, 0.15) is 20.3 Å². The minimum atomic E-state index is -0.510. The Balaban J connectivity index is 1.90. The zero-order valence-electron chi connectivity index (χ0n) is 15.5. The molecule has 0 atom stereocenters. The molecule has 0 N–H and O–H groups in total. The van der Waals surface area contributed by atoms with Crippen LogP contribution in [0.25, 0.3) is 22.3 Å². The zero-order chi connectivity index (χ0) is 20.3. The summed E-state index contributed by atoms with van der Waals surface area (Å²) in [5, 5.41) is 0.317. The lowest BCUT2D eigenvalue weighted by atomic mass is 10.1. The molecular weight excluding hydrogens is 360 g/mol. The van der Waals surface area contributed by atoms with Crippen LogP contribution in [-0.4, -0.2) is 11.9 Å². The molecule has 142 valence electrons. The smallest absolute Gasteiger partial charge is 0.338 e. The molecule has 3 aromatic rings. The third-order valence-corrected chi connectivity index (χ3v) is 3.92. The molecule has 6 nitrogen and oxygen atoms in total. The van der Waals surface area contributed by atoms with Crippen molar-refractivity contribution in [1.29, 1.82) is 0 Å². The predicted molar refractivity (Wildman–Crippen MR) is 104 cm³/mol. The van der Waals surface area contributed by atoms with Gasteiger partial charge in [-0.1, -0.05) is 13.5 Å². The molecular formula is C22H18O6. The topological polar surface area (TPSA) is 82.8 Å². The maximum Gasteiger partial charge on any atom is 0.338 e. The lowest BCUT2D eigenvalue weighted by molar-refractivity contribution is -0.134. The summed E-state index contributed by atoms with van der Waals surface area (Å²) in [7, 11) is 0. The van der Waals surface area contributed by atoms with Crippen molar-refractivity contribution in [2.45, 2.75) is 20.3 Å². The Morgan fingerprint density at radius 3 is 2.32 bits per heavy atom. The molecule has 1 heterocycles. The highest BCUT2D eigenvalue weighted by Gasteiger charge is 2.11. The van der Waals surface area contributed by atoms with Crippen LogP contribution in [0.5, 0.6) is 11.5 Å². The third-order valence-electron chi connectivity index (χ3n) is 3.92. The first-order valence-electron chi connectivity index (χ1n) is 8.64. The van der Waals surface area contributed by atoms with E-state index >= 15 is 0 Å². The standard InChI is InChI=1S/C22H18O6/c1-4-21(24)26-16-9-10-19-17(11-16)18(23)12-20(28-19)14-5-7-15(8-6-14)27-22(25)13(2)3/h5-12H,2,4H2,1,3H3. The van der Waals surface area contributed by atoms with E-state index in [0.29, 0.717) is 39.4 Å². The van der Waals surface area contributed by atoms with Crippen molar-refractivity contribution in [1.82, 2.24) is 0 Å². The van der Waals surface area contributed by atoms with Crippen LogP contribution in [0.2, 0.25) is 0 Å². The van der Waals surface area contributed by atoms with Gasteiger partial charge in [-0.25, -0.2) is 4.79 Å². The number of carbonyl (C=O) groups excluding carboxylic acids is 2. The van der Waals surface area contributed by atoms with Crippen molar-refractivity contribution < 1.29 is 23.5 Å². The van der Waals surface area contributed by atoms with E-state index in [0.717, 1.165) is 0 Å². The Hall–Kier alpha value is -3.67. The highest BCUT2D eigenvalue weighted by atomic mass is 16.5. The van der Waals surface area contributed by atoms with Gasteiger partial charge in [0.15, 0.2) is 5.43 Å². The van der Waals surface area contributed by atoms with Crippen molar-refractivity contribution in [2.75, 3.05) is 0 Å². The summed E-state index contributed by atoms with van der Waals surface area (Å²) in [4.78, 5) is 35.5. The molecule has 1 aromatic heterocycles. The number of hydrogen-bond acceptors (Lipinski definition) is 6. The molecule has 2 aromatic carbocycles. The molecule has 0 aliphatic rings. The number of ether oxygens (including phenoxy) is 2. The quantitative estimate of drug-likeness (QED) is 0.375. The fourth-order valence-corrected chi connectivity index (χ4v) is 2.43. The van der Waals surface area contributed by atoms with Crippen molar-refractivity contribution in [3.63, 3.8) is 0 Å². The minimum Gasteiger partial charge on any atom is -0.456 e. The fraction of sp³-hybridized carbons (Fsp3) is 0.136. The average molecular weight is 378 g/mol. The molecule has 0 bridgehead atoms. The van der Waals surface area contributed by atoms with Gasteiger partial charge in [-0.05, 0) is 49.4 Å². The van der Waals surface area contributed by atoms with Crippen LogP contribution in [-0.2, 0) is 9.59 Å². The highest BCUT2D eigenvalue weighted by Crippen LogP contribution is 2.26. The molecule has 0 radical (unpaired) electrons. The van der Waals surface area contributed by atoms with Crippen molar-refractivity contribution in [3.05, 3.63) is 70.9 Å². The largest absolute Gasteiger partial charge is 0.456 e. The summed E-state index contributed by atoms with van der Waals surface area (Å²) in [6, 6.07) is 12.6. The second kappa shape index (κ2) is 7.92. The molecule has 0 spiro atoms. The van der Waals surface area contributed by atoms with Crippen molar-refractivity contribution in [3.8, 4) is 22.8 Å². The summed E-state index contributed by atoms with van der Waals surface area (Å²) in [6.07, 6.45) is 0.239. The van der Waals surface area contributed by atoms with Gasteiger partial charge in [-0.2, -0.15) is 0 Å². The maximum absolute atomic E-state index is 12.5. The molecule has 0 saturated heterocycles. The van der Waals surface area contributed by atoms with E-state index < -0.39 is 5.97 Å². The molecule has 0 saturated carbocycles. The lowest BCUT2D eigenvalue weighted by Crippen LogP contribution is -2.08. The Kier molecular flexibility index (Phi) is 5.40. The monoisotopic (exact) mass is 378 g/mol. The number of benzene rings is 2. The van der Waals surface area contributed by atoms with Gasteiger partial charge in [0.25, 0.3) is 0 Å². The van der Waals surface area contributed by atoms with Gasteiger partial charge in [-0.15, -0.1) is 0 Å². The summed E-state index contributed by atoms with van der Waals surface area (Å²) in [6.45, 7) is 6.78. The van der Waals surface area contributed by atoms with Gasteiger partial charge < -0.3 is 13.9 Å². The van der Waals surface area contributed by atoms with Crippen molar-refractivity contribution >= 4 is 22.9 Å².